The van der Waals surface area contributed by atoms with Crippen molar-refractivity contribution in [2.75, 3.05) is 19.6 Å². The van der Waals surface area contributed by atoms with Crippen molar-refractivity contribution in [3.05, 3.63) is 34.6 Å². The summed E-state index contributed by atoms with van der Waals surface area (Å²) in [5, 5.41) is 3.74. The van der Waals surface area contributed by atoms with E-state index in [-0.39, 0.29) is 5.82 Å². The number of rotatable bonds is 2. The molecule has 1 aromatic carbocycles. The van der Waals surface area contributed by atoms with E-state index in [4.69, 9.17) is 11.6 Å². The highest BCUT2D eigenvalue weighted by atomic mass is 79.9. The number of piperazine rings is 1. The third-order valence-electron chi connectivity index (χ3n) is 2.59. The fourth-order valence-corrected chi connectivity index (χ4v) is 2.65. The Hall–Kier alpha value is -0.160. The number of benzene rings is 1. The molecule has 1 heterocycles. The van der Waals surface area contributed by atoms with Crippen molar-refractivity contribution in [2.45, 2.75) is 11.5 Å². The Morgan fingerprint density at radius 1 is 1.50 bits per heavy atom. The van der Waals surface area contributed by atoms with Crippen LogP contribution in [-0.2, 0) is 6.54 Å². The lowest BCUT2D eigenvalue weighted by molar-refractivity contribution is 0.215. The molecule has 1 saturated heterocycles. The van der Waals surface area contributed by atoms with Gasteiger partial charge in [0.1, 0.15) is 5.82 Å². The van der Waals surface area contributed by atoms with Gasteiger partial charge in [-0.3, -0.25) is 4.90 Å². The fraction of sp³-hybridized carbons (Fsp3) is 0.455. The van der Waals surface area contributed by atoms with E-state index < -0.39 is 0 Å². The van der Waals surface area contributed by atoms with Gasteiger partial charge in [0.25, 0.3) is 0 Å². The van der Waals surface area contributed by atoms with Crippen LogP contribution in [0.15, 0.2) is 18.2 Å². The van der Waals surface area contributed by atoms with Crippen molar-refractivity contribution in [1.29, 1.82) is 0 Å². The van der Waals surface area contributed by atoms with Gasteiger partial charge in [-0.2, -0.15) is 0 Å². The molecule has 1 aromatic rings. The van der Waals surface area contributed by atoms with Gasteiger partial charge < -0.3 is 5.32 Å². The molecule has 0 spiro atoms. The quantitative estimate of drug-likeness (QED) is 0.667. The van der Waals surface area contributed by atoms with Crippen molar-refractivity contribution >= 4 is 27.5 Å². The van der Waals surface area contributed by atoms with Crippen LogP contribution in [0.2, 0.25) is 5.02 Å². The number of alkyl halides is 1. The van der Waals surface area contributed by atoms with Crippen LogP contribution in [0.25, 0.3) is 0 Å². The molecule has 16 heavy (non-hydrogen) atoms. The first-order chi connectivity index (χ1) is 7.65. The van der Waals surface area contributed by atoms with Crippen molar-refractivity contribution in [2.24, 2.45) is 0 Å². The first-order valence-corrected chi connectivity index (χ1v) is 6.48. The van der Waals surface area contributed by atoms with Crippen molar-refractivity contribution < 1.29 is 4.39 Å². The second-order valence-electron chi connectivity index (χ2n) is 3.89. The van der Waals surface area contributed by atoms with Gasteiger partial charge in [-0.05, 0) is 23.8 Å². The number of nitrogens with zero attached hydrogens (tertiary/aromatic N) is 1. The summed E-state index contributed by atoms with van der Waals surface area (Å²) in [7, 11) is 0. The highest BCUT2D eigenvalue weighted by Gasteiger charge is 2.19. The summed E-state index contributed by atoms with van der Waals surface area (Å²) in [6.45, 7) is 3.54. The smallest absolute Gasteiger partial charge is 0.125 e. The second kappa shape index (κ2) is 5.45. The highest BCUT2D eigenvalue weighted by Crippen LogP contribution is 2.18. The zero-order chi connectivity index (χ0) is 11.5. The molecule has 0 aliphatic carbocycles. The predicted molar refractivity (Wildman–Crippen MR) is 67.4 cm³/mol. The van der Waals surface area contributed by atoms with Gasteiger partial charge in [-0.1, -0.05) is 27.5 Å². The standard InChI is InChI=1S/C11H13BrClFN2/c12-11-6-15-1-2-16(11)7-8-3-9(13)5-10(14)4-8/h3-5,11,15H,1-2,6-7H2. The third-order valence-corrected chi connectivity index (χ3v) is 3.71. The summed E-state index contributed by atoms with van der Waals surface area (Å²) in [4.78, 5) is 2.55. The van der Waals surface area contributed by atoms with E-state index in [1.54, 1.807) is 0 Å². The van der Waals surface area contributed by atoms with E-state index in [1.165, 1.54) is 12.1 Å². The lowest BCUT2D eigenvalue weighted by Gasteiger charge is -2.32. The topological polar surface area (TPSA) is 15.3 Å². The molecular formula is C11H13BrClFN2. The average Bonchev–Trinajstić information content (AvgIpc) is 2.20. The van der Waals surface area contributed by atoms with E-state index in [2.05, 4.69) is 26.1 Å². The van der Waals surface area contributed by atoms with Gasteiger partial charge in [0, 0.05) is 31.2 Å². The number of nitrogens with one attached hydrogen (secondary N) is 1. The maximum Gasteiger partial charge on any atom is 0.125 e. The van der Waals surface area contributed by atoms with Gasteiger partial charge in [0.2, 0.25) is 0 Å². The van der Waals surface area contributed by atoms with Crippen LogP contribution >= 0.6 is 27.5 Å². The van der Waals surface area contributed by atoms with Gasteiger partial charge in [0.05, 0.1) is 4.95 Å². The fourth-order valence-electron chi connectivity index (χ4n) is 1.83. The lowest BCUT2D eigenvalue weighted by atomic mass is 10.2. The van der Waals surface area contributed by atoms with E-state index in [0.717, 1.165) is 31.7 Å². The largest absolute Gasteiger partial charge is 0.313 e. The maximum atomic E-state index is 13.2. The van der Waals surface area contributed by atoms with Crippen molar-refractivity contribution in [1.82, 2.24) is 10.2 Å². The number of hydrogen-bond donors (Lipinski definition) is 1. The summed E-state index contributed by atoms with van der Waals surface area (Å²) in [5.74, 6) is -0.274. The van der Waals surface area contributed by atoms with Gasteiger partial charge in [-0.15, -0.1) is 0 Å². The predicted octanol–water partition coefficient (Wildman–Crippen LogP) is 2.61. The average molecular weight is 308 g/mol. The summed E-state index contributed by atoms with van der Waals surface area (Å²) in [6.07, 6.45) is 0. The summed E-state index contributed by atoms with van der Waals surface area (Å²) < 4.78 is 13.2. The van der Waals surface area contributed by atoms with Crippen LogP contribution in [-0.4, -0.2) is 29.5 Å². The Morgan fingerprint density at radius 3 is 3.00 bits per heavy atom. The minimum atomic E-state index is -0.274. The molecule has 1 fully saturated rings. The molecule has 1 aliphatic heterocycles. The van der Waals surface area contributed by atoms with Gasteiger partial charge in [-0.25, -0.2) is 4.39 Å². The Bertz CT molecular complexity index is 355. The van der Waals surface area contributed by atoms with Crippen molar-refractivity contribution in [3.63, 3.8) is 0 Å². The zero-order valence-electron chi connectivity index (χ0n) is 8.72. The molecule has 1 aliphatic rings. The van der Waals surface area contributed by atoms with E-state index in [9.17, 15) is 4.39 Å². The molecule has 1 atom stereocenters. The number of hydrogen-bond acceptors (Lipinski definition) is 2. The number of halogens is 3. The maximum absolute atomic E-state index is 13.2. The second-order valence-corrected chi connectivity index (χ2v) is 5.38. The Kier molecular flexibility index (Phi) is 4.19. The van der Waals surface area contributed by atoms with Gasteiger partial charge >= 0.3 is 0 Å². The Balaban J connectivity index is 2.07. The highest BCUT2D eigenvalue weighted by molar-refractivity contribution is 9.09. The SMILES string of the molecule is Fc1cc(Cl)cc(CN2CCNCC2Br)c1. The molecule has 0 saturated carbocycles. The van der Waals surface area contributed by atoms with E-state index in [0.29, 0.717) is 9.97 Å². The zero-order valence-corrected chi connectivity index (χ0v) is 11.1. The summed E-state index contributed by atoms with van der Waals surface area (Å²) in [6, 6.07) is 4.68. The molecule has 0 aromatic heterocycles. The molecule has 0 radical (unpaired) electrons. The minimum Gasteiger partial charge on any atom is -0.313 e. The van der Waals surface area contributed by atoms with Crippen LogP contribution in [0.5, 0.6) is 0 Å². The molecule has 2 nitrogen and oxygen atoms in total. The third kappa shape index (κ3) is 3.17. The molecule has 0 bridgehead atoms. The minimum absolute atomic E-state index is 0.274. The Morgan fingerprint density at radius 2 is 2.31 bits per heavy atom. The monoisotopic (exact) mass is 306 g/mol. The first-order valence-electron chi connectivity index (χ1n) is 5.19. The van der Waals surface area contributed by atoms with Crippen LogP contribution < -0.4 is 5.32 Å². The summed E-state index contributed by atoms with van der Waals surface area (Å²) >= 11 is 9.41. The van der Waals surface area contributed by atoms with Gasteiger partial charge in [0.15, 0.2) is 0 Å². The molecule has 1 unspecified atom stereocenters. The molecule has 5 heteroatoms. The Labute approximate surface area is 108 Å². The van der Waals surface area contributed by atoms with Crippen LogP contribution in [0.1, 0.15) is 5.56 Å². The summed E-state index contributed by atoms with van der Waals surface area (Å²) in [5.41, 5.74) is 0.913. The van der Waals surface area contributed by atoms with Crippen LogP contribution in [0.3, 0.4) is 0 Å². The molecule has 0 amide bonds. The van der Waals surface area contributed by atoms with Crippen LogP contribution in [0, 0.1) is 5.82 Å². The van der Waals surface area contributed by atoms with E-state index in [1.807, 2.05) is 6.07 Å². The molecule has 2 rings (SSSR count). The molecule has 88 valence electrons. The van der Waals surface area contributed by atoms with Crippen molar-refractivity contribution in [3.8, 4) is 0 Å². The molecular weight excluding hydrogens is 294 g/mol. The van der Waals surface area contributed by atoms with Crippen LogP contribution in [0.4, 0.5) is 4.39 Å². The molecule has 1 N–H and O–H groups in total. The normalized spacial score (nSPS) is 22.3. The lowest BCUT2D eigenvalue weighted by Crippen LogP contribution is -2.47. The van der Waals surface area contributed by atoms with E-state index >= 15 is 0 Å². The first kappa shape index (κ1) is 12.3.